The number of hydrogen-bond acceptors (Lipinski definition) is 3. The second-order valence-corrected chi connectivity index (χ2v) is 7.24. The number of aryl methyl sites for hydroxylation is 1. The zero-order valence-corrected chi connectivity index (χ0v) is 12.8. The van der Waals surface area contributed by atoms with E-state index in [1.54, 1.807) is 18.9 Å². The Kier molecular flexibility index (Phi) is 3.88. The fourth-order valence-electron chi connectivity index (χ4n) is 2.35. The molecule has 1 fully saturated rings. The van der Waals surface area contributed by atoms with E-state index in [4.69, 9.17) is 5.14 Å². The predicted octanol–water partition coefficient (Wildman–Crippen LogP) is 1.37. The number of nitrogens with two attached hydrogens (primary N) is 1. The summed E-state index contributed by atoms with van der Waals surface area (Å²) in [7, 11) is -1.95. The molecule has 1 aromatic rings. The maximum atomic E-state index is 12.3. The molecule has 1 aliphatic carbocycles. The minimum atomic E-state index is -3.73. The zero-order chi connectivity index (χ0) is 15.1. The van der Waals surface area contributed by atoms with Crippen LogP contribution in [0, 0.1) is 18.8 Å². The van der Waals surface area contributed by atoms with Crippen LogP contribution in [0.3, 0.4) is 0 Å². The summed E-state index contributed by atoms with van der Waals surface area (Å²) in [6, 6.07) is 4.35. The van der Waals surface area contributed by atoms with Gasteiger partial charge in [-0.2, -0.15) is 0 Å². The number of hydrogen-bond donors (Lipinski definition) is 1. The summed E-state index contributed by atoms with van der Waals surface area (Å²) < 4.78 is 22.5. The van der Waals surface area contributed by atoms with Gasteiger partial charge in [-0.25, -0.2) is 13.6 Å². The predicted molar refractivity (Wildman–Crippen MR) is 76.8 cm³/mol. The molecule has 0 radical (unpaired) electrons. The molecule has 5 nitrogen and oxygen atoms in total. The van der Waals surface area contributed by atoms with E-state index in [1.165, 1.54) is 24.6 Å². The second kappa shape index (κ2) is 5.18. The van der Waals surface area contributed by atoms with E-state index in [-0.39, 0.29) is 10.8 Å². The van der Waals surface area contributed by atoms with Crippen LogP contribution in [-0.4, -0.2) is 32.8 Å². The van der Waals surface area contributed by atoms with Crippen molar-refractivity contribution in [1.82, 2.24) is 4.90 Å². The number of carbonyl (C=O) groups excluding carboxylic acids is 1. The van der Waals surface area contributed by atoms with E-state index in [0.717, 1.165) is 6.54 Å². The van der Waals surface area contributed by atoms with Gasteiger partial charge in [-0.05, 0) is 48.9 Å². The van der Waals surface area contributed by atoms with Crippen LogP contribution < -0.4 is 5.14 Å². The quantitative estimate of drug-likeness (QED) is 0.911. The molecule has 20 heavy (non-hydrogen) atoms. The average molecular weight is 296 g/mol. The van der Waals surface area contributed by atoms with E-state index in [9.17, 15) is 13.2 Å². The van der Waals surface area contributed by atoms with Crippen molar-refractivity contribution >= 4 is 15.9 Å². The minimum Gasteiger partial charge on any atom is -0.341 e. The SMILES string of the molecule is Cc1cc(S(N)(=O)=O)ccc1C(=O)N(C)CC1CC1C. The maximum Gasteiger partial charge on any atom is 0.253 e. The van der Waals surface area contributed by atoms with E-state index >= 15 is 0 Å². The lowest BCUT2D eigenvalue weighted by Crippen LogP contribution is -2.29. The third-order valence-electron chi connectivity index (χ3n) is 3.89. The molecule has 6 heteroatoms. The van der Waals surface area contributed by atoms with Crippen LogP contribution in [0.5, 0.6) is 0 Å². The Morgan fingerprint density at radius 3 is 2.50 bits per heavy atom. The first-order chi connectivity index (χ1) is 9.20. The van der Waals surface area contributed by atoms with Gasteiger partial charge in [0.1, 0.15) is 0 Å². The number of rotatable bonds is 4. The van der Waals surface area contributed by atoms with Gasteiger partial charge in [0.2, 0.25) is 10.0 Å². The molecule has 0 bridgehead atoms. The third kappa shape index (κ3) is 3.19. The average Bonchev–Trinajstić information content (AvgIpc) is 3.02. The van der Waals surface area contributed by atoms with E-state index in [1.807, 2.05) is 0 Å². The molecule has 2 unspecified atom stereocenters. The third-order valence-corrected chi connectivity index (χ3v) is 4.80. The molecular weight excluding hydrogens is 276 g/mol. The molecule has 1 saturated carbocycles. The fourth-order valence-corrected chi connectivity index (χ4v) is 2.95. The smallest absolute Gasteiger partial charge is 0.253 e. The molecule has 0 spiro atoms. The summed E-state index contributed by atoms with van der Waals surface area (Å²) in [5, 5.41) is 5.08. The van der Waals surface area contributed by atoms with Gasteiger partial charge in [0, 0.05) is 19.2 Å². The molecule has 0 aliphatic heterocycles. The Balaban J connectivity index is 2.18. The topological polar surface area (TPSA) is 80.5 Å². The second-order valence-electron chi connectivity index (χ2n) is 5.68. The lowest BCUT2D eigenvalue weighted by atomic mass is 10.1. The summed E-state index contributed by atoms with van der Waals surface area (Å²) in [6.45, 7) is 4.64. The van der Waals surface area contributed by atoms with Crippen LogP contribution in [0.2, 0.25) is 0 Å². The number of primary sulfonamides is 1. The highest BCUT2D eigenvalue weighted by Gasteiger charge is 2.34. The monoisotopic (exact) mass is 296 g/mol. The van der Waals surface area contributed by atoms with Gasteiger partial charge >= 0.3 is 0 Å². The molecule has 1 aromatic carbocycles. The standard InChI is InChI=1S/C14H20N2O3S/c1-9-6-11(9)8-16(3)14(17)13-5-4-12(7-10(13)2)20(15,18)19/h4-5,7,9,11H,6,8H2,1-3H3,(H2,15,18,19). The normalized spacial score (nSPS) is 21.6. The molecule has 2 atom stereocenters. The van der Waals surface area contributed by atoms with Gasteiger partial charge < -0.3 is 4.90 Å². The van der Waals surface area contributed by atoms with Crippen molar-refractivity contribution < 1.29 is 13.2 Å². The highest BCUT2D eigenvalue weighted by molar-refractivity contribution is 7.89. The van der Waals surface area contributed by atoms with E-state index in [2.05, 4.69) is 6.92 Å². The van der Waals surface area contributed by atoms with E-state index < -0.39 is 10.0 Å². The number of nitrogens with zero attached hydrogens (tertiary/aromatic N) is 1. The van der Waals surface area contributed by atoms with Crippen molar-refractivity contribution in [3.8, 4) is 0 Å². The Morgan fingerprint density at radius 1 is 1.45 bits per heavy atom. The highest BCUT2D eigenvalue weighted by Crippen LogP contribution is 2.38. The summed E-state index contributed by atoms with van der Waals surface area (Å²) in [6.07, 6.45) is 1.17. The van der Waals surface area contributed by atoms with Crippen molar-refractivity contribution in [3.63, 3.8) is 0 Å². The lowest BCUT2D eigenvalue weighted by molar-refractivity contribution is 0.0786. The van der Waals surface area contributed by atoms with Crippen LogP contribution in [0.4, 0.5) is 0 Å². The van der Waals surface area contributed by atoms with Crippen LogP contribution in [0.1, 0.15) is 29.3 Å². The van der Waals surface area contributed by atoms with Crippen LogP contribution in [-0.2, 0) is 10.0 Å². The molecule has 0 aromatic heterocycles. The maximum absolute atomic E-state index is 12.3. The zero-order valence-electron chi connectivity index (χ0n) is 12.0. The molecule has 1 aliphatic rings. The first kappa shape index (κ1) is 15.0. The number of benzene rings is 1. The van der Waals surface area contributed by atoms with Gasteiger partial charge in [0.05, 0.1) is 4.90 Å². The van der Waals surface area contributed by atoms with Crippen molar-refractivity contribution in [2.75, 3.05) is 13.6 Å². The van der Waals surface area contributed by atoms with Gasteiger partial charge in [0.15, 0.2) is 0 Å². The summed E-state index contributed by atoms with van der Waals surface area (Å²) in [5.41, 5.74) is 1.14. The molecular formula is C14H20N2O3S. The van der Waals surface area contributed by atoms with Crippen molar-refractivity contribution in [1.29, 1.82) is 0 Å². The Hall–Kier alpha value is -1.40. The van der Waals surface area contributed by atoms with E-state index in [0.29, 0.717) is 23.0 Å². The molecule has 2 N–H and O–H groups in total. The lowest BCUT2D eigenvalue weighted by Gasteiger charge is -2.18. The number of sulfonamides is 1. The summed E-state index contributed by atoms with van der Waals surface area (Å²) in [4.78, 5) is 14.1. The highest BCUT2D eigenvalue weighted by atomic mass is 32.2. The van der Waals surface area contributed by atoms with Gasteiger partial charge in [-0.15, -0.1) is 0 Å². The molecule has 0 heterocycles. The van der Waals surface area contributed by atoms with Crippen LogP contribution in [0.25, 0.3) is 0 Å². The molecule has 2 rings (SSSR count). The van der Waals surface area contributed by atoms with Gasteiger partial charge in [-0.3, -0.25) is 4.79 Å². The van der Waals surface area contributed by atoms with Crippen LogP contribution in [0.15, 0.2) is 23.1 Å². The van der Waals surface area contributed by atoms with Gasteiger partial charge in [0.25, 0.3) is 5.91 Å². The number of amides is 1. The van der Waals surface area contributed by atoms with Gasteiger partial charge in [-0.1, -0.05) is 6.92 Å². The number of carbonyl (C=O) groups is 1. The largest absolute Gasteiger partial charge is 0.341 e. The first-order valence-corrected chi connectivity index (χ1v) is 8.13. The van der Waals surface area contributed by atoms with Crippen molar-refractivity contribution in [2.45, 2.75) is 25.2 Å². The Bertz CT molecular complexity index is 640. The van der Waals surface area contributed by atoms with Crippen molar-refractivity contribution in [2.24, 2.45) is 17.0 Å². The van der Waals surface area contributed by atoms with Crippen molar-refractivity contribution in [3.05, 3.63) is 29.3 Å². The Labute approximate surface area is 119 Å². The molecule has 110 valence electrons. The fraction of sp³-hybridized carbons (Fsp3) is 0.500. The minimum absolute atomic E-state index is 0.0324. The summed E-state index contributed by atoms with van der Waals surface area (Å²) >= 11 is 0. The molecule has 1 amide bonds. The summed E-state index contributed by atoms with van der Waals surface area (Å²) in [5.74, 6) is 1.20. The first-order valence-electron chi connectivity index (χ1n) is 6.59. The van der Waals surface area contributed by atoms with Crippen LogP contribution >= 0.6 is 0 Å². The molecule has 0 saturated heterocycles. The Morgan fingerprint density at radius 2 is 2.05 bits per heavy atom.